The van der Waals surface area contributed by atoms with Crippen LogP contribution in [-0.2, 0) is 6.54 Å². The van der Waals surface area contributed by atoms with Gasteiger partial charge in [-0.25, -0.2) is 4.98 Å². The first-order valence-corrected chi connectivity index (χ1v) is 12.0. The molecular weight excluding hydrogens is 416 g/mol. The van der Waals surface area contributed by atoms with E-state index in [-0.39, 0.29) is 11.5 Å². The van der Waals surface area contributed by atoms with Crippen molar-refractivity contribution in [1.29, 1.82) is 0 Å². The standard InChI is InChI=1S/C26H34N4O3/c1-25(2)18-32-23-20(4-3-5-21(23)33-25)17-29-12-7-26(8-13-29)9-14-30(15-10-26)24(31)19-6-11-28-22(27)16-19/h3-6,11,16H,7-10,12-15,17-18H2,1-2H3,(H2,27,28). The van der Waals surface area contributed by atoms with Crippen LogP contribution in [0.3, 0.4) is 0 Å². The molecule has 0 unspecified atom stereocenters. The van der Waals surface area contributed by atoms with Crippen LogP contribution < -0.4 is 15.2 Å². The van der Waals surface area contributed by atoms with E-state index in [0.717, 1.165) is 57.1 Å². The number of rotatable bonds is 3. The molecule has 5 rings (SSSR count). The molecule has 3 aliphatic heterocycles. The number of aromatic nitrogens is 1. The predicted molar refractivity (Wildman–Crippen MR) is 127 cm³/mol. The molecule has 0 bridgehead atoms. The van der Waals surface area contributed by atoms with Crippen LogP contribution in [0.15, 0.2) is 36.5 Å². The average Bonchev–Trinajstić information content (AvgIpc) is 2.80. The van der Waals surface area contributed by atoms with E-state index in [9.17, 15) is 4.79 Å². The first-order chi connectivity index (χ1) is 15.8. The van der Waals surface area contributed by atoms with E-state index in [1.54, 1.807) is 18.3 Å². The summed E-state index contributed by atoms with van der Waals surface area (Å²) in [7, 11) is 0. The normalized spacial score (nSPS) is 21.7. The van der Waals surface area contributed by atoms with Gasteiger partial charge in [0, 0.05) is 37.0 Å². The number of likely N-dealkylation sites (tertiary alicyclic amines) is 2. The van der Waals surface area contributed by atoms with Crippen molar-refractivity contribution in [1.82, 2.24) is 14.8 Å². The highest BCUT2D eigenvalue weighted by atomic mass is 16.6. The number of para-hydroxylation sites is 1. The number of fused-ring (bicyclic) bond motifs is 1. The largest absolute Gasteiger partial charge is 0.485 e. The van der Waals surface area contributed by atoms with Gasteiger partial charge in [0.25, 0.3) is 5.91 Å². The number of ether oxygens (including phenoxy) is 2. The molecule has 2 fully saturated rings. The van der Waals surface area contributed by atoms with Crippen LogP contribution >= 0.6 is 0 Å². The molecule has 1 aromatic heterocycles. The fraction of sp³-hybridized carbons (Fsp3) is 0.538. The lowest BCUT2D eigenvalue weighted by Gasteiger charge is -2.47. The highest BCUT2D eigenvalue weighted by Crippen LogP contribution is 2.43. The molecule has 33 heavy (non-hydrogen) atoms. The SMILES string of the molecule is CC1(C)COc2c(CN3CCC4(CC3)CCN(C(=O)c3ccnc(N)c3)CC4)cccc2O1. The highest BCUT2D eigenvalue weighted by molar-refractivity contribution is 5.94. The summed E-state index contributed by atoms with van der Waals surface area (Å²) in [5, 5.41) is 0. The van der Waals surface area contributed by atoms with Gasteiger partial charge in [0.2, 0.25) is 0 Å². The van der Waals surface area contributed by atoms with Crippen molar-refractivity contribution in [2.75, 3.05) is 38.5 Å². The molecule has 2 aromatic rings. The number of hydrogen-bond donors (Lipinski definition) is 1. The Labute approximate surface area is 195 Å². The number of nitrogens with two attached hydrogens (primary N) is 1. The van der Waals surface area contributed by atoms with E-state index < -0.39 is 0 Å². The lowest BCUT2D eigenvalue weighted by Crippen LogP contribution is -2.48. The smallest absolute Gasteiger partial charge is 0.254 e. The first kappa shape index (κ1) is 22.0. The van der Waals surface area contributed by atoms with Gasteiger partial charge in [-0.05, 0) is 76.2 Å². The third-order valence-electron chi connectivity index (χ3n) is 7.46. The van der Waals surface area contributed by atoms with Gasteiger partial charge in [0.1, 0.15) is 18.0 Å². The average molecular weight is 451 g/mol. The third-order valence-corrected chi connectivity index (χ3v) is 7.46. The Hall–Kier alpha value is -2.80. The third kappa shape index (κ3) is 4.64. The van der Waals surface area contributed by atoms with Crippen molar-refractivity contribution in [3.8, 4) is 11.5 Å². The quantitative estimate of drug-likeness (QED) is 0.767. The lowest BCUT2D eigenvalue weighted by atomic mass is 9.71. The summed E-state index contributed by atoms with van der Waals surface area (Å²) in [4.78, 5) is 21.3. The van der Waals surface area contributed by atoms with Crippen molar-refractivity contribution >= 4 is 11.7 Å². The van der Waals surface area contributed by atoms with E-state index in [1.165, 1.54) is 18.4 Å². The Morgan fingerprint density at radius 2 is 1.82 bits per heavy atom. The lowest BCUT2D eigenvalue weighted by molar-refractivity contribution is 0.0173. The maximum absolute atomic E-state index is 12.8. The fourth-order valence-corrected chi connectivity index (χ4v) is 5.38. The molecule has 0 atom stereocenters. The molecule has 1 aromatic carbocycles. The predicted octanol–water partition coefficient (Wildman–Crippen LogP) is 3.73. The van der Waals surface area contributed by atoms with Gasteiger partial charge < -0.3 is 20.1 Å². The molecule has 4 heterocycles. The zero-order valence-electron chi connectivity index (χ0n) is 19.7. The highest BCUT2D eigenvalue weighted by Gasteiger charge is 2.39. The minimum atomic E-state index is -0.288. The Morgan fingerprint density at radius 1 is 1.09 bits per heavy atom. The number of carbonyl (C=O) groups excluding carboxylic acids is 1. The van der Waals surface area contributed by atoms with Crippen LogP contribution in [0.4, 0.5) is 5.82 Å². The number of nitrogens with zero attached hydrogens (tertiary/aromatic N) is 3. The molecule has 2 saturated heterocycles. The van der Waals surface area contributed by atoms with Crippen LogP contribution in [0.1, 0.15) is 55.5 Å². The molecule has 176 valence electrons. The van der Waals surface area contributed by atoms with Crippen molar-refractivity contribution in [2.45, 2.75) is 51.7 Å². The molecule has 7 nitrogen and oxygen atoms in total. The molecular formula is C26H34N4O3. The van der Waals surface area contributed by atoms with Crippen LogP contribution in [0.5, 0.6) is 11.5 Å². The van der Waals surface area contributed by atoms with Crippen LogP contribution in [-0.4, -0.2) is 59.1 Å². The molecule has 2 N–H and O–H groups in total. The summed E-state index contributed by atoms with van der Waals surface area (Å²) in [6.45, 7) is 9.34. The number of hydrogen-bond acceptors (Lipinski definition) is 6. The Morgan fingerprint density at radius 3 is 2.55 bits per heavy atom. The molecule has 3 aliphatic rings. The number of nitrogen functional groups attached to an aromatic ring is 1. The second-order valence-electron chi connectivity index (χ2n) is 10.4. The Balaban J connectivity index is 1.16. The summed E-state index contributed by atoms with van der Waals surface area (Å²) in [6, 6.07) is 9.64. The van der Waals surface area contributed by atoms with Crippen molar-refractivity contribution in [3.05, 3.63) is 47.7 Å². The zero-order chi connectivity index (χ0) is 23.1. The summed E-state index contributed by atoms with van der Waals surface area (Å²) >= 11 is 0. The van der Waals surface area contributed by atoms with Gasteiger partial charge in [-0.1, -0.05) is 12.1 Å². The van der Waals surface area contributed by atoms with Crippen molar-refractivity contribution < 1.29 is 14.3 Å². The summed E-state index contributed by atoms with van der Waals surface area (Å²) in [5.41, 5.74) is 7.66. The topological polar surface area (TPSA) is 80.9 Å². The van der Waals surface area contributed by atoms with Gasteiger partial charge in [-0.2, -0.15) is 0 Å². The van der Waals surface area contributed by atoms with E-state index in [1.807, 2.05) is 11.0 Å². The number of piperidine rings is 2. The van der Waals surface area contributed by atoms with Gasteiger partial charge in [0.15, 0.2) is 11.5 Å². The minimum absolute atomic E-state index is 0.0654. The number of amides is 1. The second kappa shape index (κ2) is 8.52. The van der Waals surface area contributed by atoms with Crippen molar-refractivity contribution in [3.63, 3.8) is 0 Å². The summed E-state index contributed by atoms with van der Waals surface area (Å²) < 4.78 is 12.2. The van der Waals surface area contributed by atoms with Gasteiger partial charge in [-0.3, -0.25) is 9.69 Å². The van der Waals surface area contributed by atoms with Crippen LogP contribution in [0.2, 0.25) is 0 Å². The molecule has 1 spiro atoms. The summed E-state index contributed by atoms with van der Waals surface area (Å²) in [5.74, 6) is 2.21. The van der Waals surface area contributed by atoms with Gasteiger partial charge in [-0.15, -0.1) is 0 Å². The number of benzene rings is 1. The maximum Gasteiger partial charge on any atom is 0.254 e. The molecule has 0 aliphatic carbocycles. The van der Waals surface area contributed by atoms with Crippen LogP contribution in [0.25, 0.3) is 0 Å². The first-order valence-electron chi connectivity index (χ1n) is 12.0. The van der Waals surface area contributed by atoms with Crippen LogP contribution in [0, 0.1) is 5.41 Å². The number of carbonyl (C=O) groups is 1. The molecule has 7 heteroatoms. The number of anilines is 1. The Kier molecular flexibility index (Phi) is 5.69. The van der Waals surface area contributed by atoms with E-state index in [0.29, 0.717) is 23.4 Å². The van der Waals surface area contributed by atoms with Gasteiger partial charge in [0.05, 0.1) is 0 Å². The fourth-order valence-electron chi connectivity index (χ4n) is 5.38. The van der Waals surface area contributed by atoms with Gasteiger partial charge >= 0.3 is 0 Å². The zero-order valence-corrected chi connectivity index (χ0v) is 19.7. The maximum atomic E-state index is 12.8. The molecule has 0 radical (unpaired) electrons. The number of pyridine rings is 1. The van der Waals surface area contributed by atoms with Crippen molar-refractivity contribution in [2.24, 2.45) is 5.41 Å². The summed E-state index contributed by atoms with van der Waals surface area (Å²) in [6.07, 6.45) is 6.10. The monoisotopic (exact) mass is 450 g/mol. The van der Waals surface area contributed by atoms with E-state index >= 15 is 0 Å². The van der Waals surface area contributed by atoms with E-state index in [2.05, 4.69) is 35.9 Å². The second-order valence-corrected chi connectivity index (χ2v) is 10.4. The Bertz CT molecular complexity index is 1020. The molecule has 0 saturated carbocycles. The van der Waals surface area contributed by atoms with E-state index in [4.69, 9.17) is 15.2 Å². The minimum Gasteiger partial charge on any atom is -0.485 e. The molecule has 1 amide bonds.